The standard InChI is InChI=1S/C9H14N8O/c1-16-6-12-8(14-16)4-11-9(18)7-5-17(3-2-10)15-13-7/h5-6H,2-4,10H2,1H3,(H,11,18). The van der Waals surface area contributed by atoms with Crippen molar-refractivity contribution in [2.24, 2.45) is 12.8 Å². The van der Waals surface area contributed by atoms with E-state index in [0.717, 1.165) is 0 Å². The Balaban J connectivity index is 1.90. The summed E-state index contributed by atoms with van der Waals surface area (Å²) in [6.45, 7) is 1.23. The molecule has 0 saturated carbocycles. The van der Waals surface area contributed by atoms with Crippen LogP contribution in [0.15, 0.2) is 12.5 Å². The van der Waals surface area contributed by atoms with Gasteiger partial charge in [-0.05, 0) is 0 Å². The summed E-state index contributed by atoms with van der Waals surface area (Å²) >= 11 is 0. The first-order valence-corrected chi connectivity index (χ1v) is 5.42. The van der Waals surface area contributed by atoms with E-state index in [2.05, 4.69) is 25.7 Å². The average Bonchev–Trinajstić information content (AvgIpc) is 2.96. The summed E-state index contributed by atoms with van der Waals surface area (Å²) in [5.41, 5.74) is 5.62. The van der Waals surface area contributed by atoms with Gasteiger partial charge in [0.05, 0.1) is 19.3 Å². The molecule has 0 aromatic carbocycles. The quantitative estimate of drug-likeness (QED) is 0.653. The molecule has 0 atom stereocenters. The lowest BCUT2D eigenvalue weighted by atomic mass is 10.4. The SMILES string of the molecule is Cn1cnc(CNC(=O)c2cn(CCN)nn2)n1. The van der Waals surface area contributed by atoms with Crippen molar-refractivity contribution < 1.29 is 4.79 Å². The van der Waals surface area contributed by atoms with Crippen molar-refractivity contribution in [2.75, 3.05) is 6.54 Å². The Bertz CT molecular complexity index is 530. The van der Waals surface area contributed by atoms with Gasteiger partial charge in [0.1, 0.15) is 6.33 Å². The Morgan fingerprint density at radius 1 is 1.56 bits per heavy atom. The first kappa shape index (κ1) is 12.2. The molecule has 2 aromatic heterocycles. The number of nitrogens with one attached hydrogen (secondary N) is 1. The summed E-state index contributed by atoms with van der Waals surface area (Å²) in [6.07, 6.45) is 3.12. The largest absolute Gasteiger partial charge is 0.343 e. The van der Waals surface area contributed by atoms with E-state index in [9.17, 15) is 4.79 Å². The maximum Gasteiger partial charge on any atom is 0.273 e. The predicted molar refractivity (Wildman–Crippen MR) is 61.2 cm³/mol. The van der Waals surface area contributed by atoms with Crippen LogP contribution in [0.1, 0.15) is 16.3 Å². The normalized spacial score (nSPS) is 10.6. The summed E-state index contributed by atoms with van der Waals surface area (Å²) < 4.78 is 3.09. The minimum Gasteiger partial charge on any atom is -0.343 e. The Hall–Kier alpha value is -2.29. The zero-order valence-corrected chi connectivity index (χ0v) is 9.94. The third-order valence-corrected chi connectivity index (χ3v) is 2.18. The van der Waals surface area contributed by atoms with Crippen molar-refractivity contribution in [1.82, 2.24) is 35.1 Å². The number of carbonyl (C=O) groups is 1. The summed E-state index contributed by atoms with van der Waals surface area (Å²) in [7, 11) is 1.76. The van der Waals surface area contributed by atoms with Crippen molar-refractivity contribution >= 4 is 5.91 Å². The van der Waals surface area contributed by atoms with Gasteiger partial charge in [-0.25, -0.2) is 4.98 Å². The lowest BCUT2D eigenvalue weighted by Crippen LogP contribution is -2.24. The van der Waals surface area contributed by atoms with E-state index in [1.165, 1.54) is 4.68 Å². The van der Waals surface area contributed by atoms with E-state index < -0.39 is 0 Å². The highest BCUT2D eigenvalue weighted by atomic mass is 16.2. The molecule has 2 aromatic rings. The van der Waals surface area contributed by atoms with Gasteiger partial charge in [-0.3, -0.25) is 14.2 Å². The van der Waals surface area contributed by atoms with Crippen molar-refractivity contribution in [2.45, 2.75) is 13.1 Å². The van der Waals surface area contributed by atoms with Crippen LogP contribution < -0.4 is 11.1 Å². The second kappa shape index (κ2) is 5.36. The summed E-state index contributed by atoms with van der Waals surface area (Å²) in [6, 6.07) is 0. The van der Waals surface area contributed by atoms with Crippen molar-refractivity contribution in [1.29, 1.82) is 0 Å². The van der Waals surface area contributed by atoms with E-state index in [0.29, 0.717) is 18.9 Å². The minimum atomic E-state index is -0.314. The zero-order valence-electron chi connectivity index (χ0n) is 9.94. The summed E-state index contributed by atoms with van der Waals surface area (Å²) in [4.78, 5) is 15.7. The van der Waals surface area contributed by atoms with Gasteiger partial charge < -0.3 is 11.1 Å². The second-order valence-corrected chi connectivity index (χ2v) is 3.67. The van der Waals surface area contributed by atoms with Crippen LogP contribution in [0.4, 0.5) is 0 Å². The highest BCUT2D eigenvalue weighted by molar-refractivity contribution is 5.91. The molecule has 9 nitrogen and oxygen atoms in total. The van der Waals surface area contributed by atoms with Crippen LogP contribution in [0.25, 0.3) is 0 Å². The predicted octanol–water partition coefficient (Wildman–Crippen LogP) is -1.70. The third-order valence-electron chi connectivity index (χ3n) is 2.18. The molecule has 3 N–H and O–H groups in total. The molecule has 0 saturated heterocycles. The molecule has 18 heavy (non-hydrogen) atoms. The molecule has 1 amide bonds. The van der Waals surface area contributed by atoms with Crippen LogP contribution >= 0.6 is 0 Å². The van der Waals surface area contributed by atoms with Crippen LogP contribution in [0.2, 0.25) is 0 Å². The number of nitrogens with zero attached hydrogens (tertiary/aromatic N) is 6. The molecule has 0 aliphatic carbocycles. The van der Waals surface area contributed by atoms with Gasteiger partial charge in [-0.2, -0.15) is 5.10 Å². The second-order valence-electron chi connectivity index (χ2n) is 3.67. The van der Waals surface area contributed by atoms with Gasteiger partial charge in [-0.1, -0.05) is 5.21 Å². The first-order valence-electron chi connectivity index (χ1n) is 5.42. The zero-order chi connectivity index (χ0) is 13.0. The van der Waals surface area contributed by atoms with E-state index in [1.54, 1.807) is 24.3 Å². The average molecular weight is 250 g/mol. The lowest BCUT2D eigenvalue weighted by molar-refractivity contribution is 0.0944. The molecule has 0 aliphatic rings. The Morgan fingerprint density at radius 3 is 3.06 bits per heavy atom. The maximum absolute atomic E-state index is 11.7. The Kier molecular flexibility index (Phi) is 3.63. The molecular formula is C9H14N8O. The molecule has 0 unspecified atom stereocenters. The smallest absolute Gasteiger partial charge is 0.273 e. The lowest BCUT2D eigenvalue weighted by Gasteiger charge is -1.98. The molecule has 0 spiro atoms. The molecule has 96 valence electrons. The Morgan fingerprint density at radius 2 is 2.39 bits per heavy atom. The monoisotopic (exact) mass is 250 g/mol. The number of nitrogens with two attached hydrogens (primary N) is 1. The fraction of sp³-hybridized carbons (Fsp3) is 0.444. The van der Waals surface area contributed by atoms with Crippen LogP contribution in [-0.2, 0) is 20.1 Å². The van der Waals surface area contributed by atoms with E-state index in [1.807, 2.05) is 0 Å². The van der Waals surface area contributed by atoms with E-state index >= 15 is 0 Å². The summed E-state index contributed by atoms with van der Waals surface area (Å²) in [5, 5.41) is 14.2. The van der Waals surface area contributed by atoms with Gasteiger partial charge >= 0.3 is 0 Å². The molecular weight excluding hydrogens is 236 g/mol. The number of rotatable bonds is 5. The maximum atomic E-state index is 11.7. The van der Waals surface area contributed by atoms with Crippen molar-refractivity contribution in [3.63, 3.8) is 0 Å². The number of amides is 1. The number of hydrogen-bond donors (Lipinski definition) is 2. The van der Waals surface area contributed by atoms with E-state index in [4.69, 9.17) is 5.73 Å². The minimum absolute atomic E-state index is 0.249. The fourth-order valence-corrected chi connectivity index (χ4v) is 1.36. The summed E-state index contributed by atoms with van der Waals surface area (Å²) in [5.74, 6) is 0.228. The molecule has 0 bridgehead atoms. The molecule has 2 heterocycles. The van der Waals surface area contributed by atoms with E-state index in [-0.39, 0.29) is 18.1 Å². The van der Waals surface area contributed by atoms with Crippen LogP contribution in [-0.4, -0.2) is 42.2 Å². The van der Waals surface area contributed by atoms with Crippen molar-refractivity contribution in [3.05, 3.63) is 24.0 Å². The highest BCUT2D eigenvalue weighted by Gasteiger charge is 2.11. The van der Waals surface area contributed by atoms with Crippen LogP contribution in [0.5, 0.6) is 0 Å². The molecule has 0 aliphatic heterocycles. The van der Waals surface area contributed by atoms with Crippen molar-refractivity contribution in [3.8, 4) is 0 Å². The Labute approximate surface area is 103 Å². The van der Waals surface area contributed by atoms with Gasteiger partial charge in [0.2, 0.25) is 0 Å². The van der Waals surface area contributed by atoms with Gasteiger partial charge in [0, 0.05) is 13.6 Å². The highest BCUT2D eigenvalue weighted by Crippen LogP contribution is 1.94. The molecule has 2 rings (SSSR count). The number of carbonyl (C=O) groups excluding carboxylic acids is 1. The van der Waals surface area contributed by atoms with Gasteiger partial charge in [-0.15, -0.1) is 5.10 Å². The van der Waals surface area contributed by atoms with Crippen LogP contribution in [0, 0.1) is 0 Å². The molecule has 0 radical (unpaired) electrons. The van der Waals surface area contributed by atoms with Gasteiger partial charge in [0.15, 0.2) is 11.5 Å². The number of aromatic nitrogens is 6. The number of hydrogen-bond acceptors (Lipinski definition) is 6. The van der Waals surface area contributed by atoms with Gasteiger partial charge in [0.25, 0.3) is 5.91 Å². The topological polar surface area (TPSA) is 117 Å². The first-order chi connectivity index (χ1) is 8.69. The molecule has 9 heteroatoms. The fourth-order valence-electron chi connectivity index (χ4n) is 1.36. The molecule has 0 fully saturated rings. The third kappa shape index (κ3) is 2.88. The van der Waals surface area contributed by atoms with Crippen LogP contribution in [0.3, 0.4) is 0 Å². The number of aryl methyl sites for hydroxylation is 1.